The number of hydrogen-bond acceptors (Lipinski definition) is 6. The molecule has 32 heavy (non-hydrogen) atoms. The molecule has 3 amide bonds. The Bertz CT molecular complexity index is 890. The third-order valence-electron chi connectivity index (χ3n) is 7.31. The summed E-state index contributed by atoms with van der Waals surface area (Å²) in [5.74, 6) is 0.809. The summed E-state index contributed by atoms with van der Waals surface area (Å²) < 4.78 is 6.28. The van der Waals surface area contributed by atoms with E-state index >= 15 is 0 Å². The van der Waals surface area contributed by atoms with Gasteiger partial charge in [0.2, 0.25) is 11.8 Å². The predicted octanol–water partition coefficient (Wildman–Crippen LogP) is 1.29. The van der Waals surface area contributed by atoms with Gasteiger partial charge in [-0.25, -0.2) is 0 Å². The van der Waals surface area contributed by atoms with Gasteiger partial charge in [-0.3, -0.25) is 19.7 Å². The zero-order chi connectivity index (χ0) is 22.1. The Labute approximate surface area is 188 Å². The lowest BCUT2D eigenvalue weighted by molar-refractivity contribution is -0.136. The molecule has 0 bridgehead atoms. The SMILES string of the molecule is O=C1CCC(N2Cc3cc(OC4CCN(CC5CCNCC5)CC4)ccc3C2=O)C(=O)N1. The Morgan fingerprint density at radius 3 is 2.53 bits per heavy atom. The van der Waals surface area contributed by atoms with E-state index in [1.165, 1.54) is 19.4 Å². The number of carbonyl (C=O) groups is 3. The molecule has 8 nitrogen and oxygen atoms in total. The van der Waals surface area contributed by atoms with Gasteiger partial charge in [0.1, 0.15) is 17.9 Å². The van der Waals surface area contributed by atoms with E-state index in [4.69, 9.17) is 4.74 Å². The molecule has 172 valence electrons. The van der Waals surface area contributed by atoms with Gasteiger partial charge in [-0.1, -0.05) is 0 Å². The van der Waals surface area contributed by atoms with Crippen LogP contribution in [0.4, 0.5) is 0 Å². The van der Waals surface area contributed by atoms with Crippen molar-refractivity contribution in [1.82, 2.24) is 20.4 Å². The third-order valence-corrected chi connectivity index (χ3v) is 7.31. The monoisotopic (exact) mass is 440 g/mol. The van der Waals surface area contributed by atoms with Crippen molar-refractivity contribution in [2.45, 2.75) is 57.2 Å². The number of hydrogen-bond donors (Lipinski definition) is 2. The molecule has 3 fully saturated rings. The van der Waals surface area contributed by atoms with Crippen LogP contribution in [0.3, 0.4) is 0 Å². The van der Waals surface area contributed by atoms with Crippen molar-refractivity contribution in [2.24, 2.45) is 5.92 Å². The molecule has 0 aliphatic carbocycles. The standard InChI is InChI=1S/C24H32N4O4/c29-22-4-3-21(23(30)26-22)28-15-17-13-19(1-2-20(17)24(28)31)32-18-7-11-27(12-8-18)14-16-5-9-25-10-6-16/h1-2,13,16,18,21,25H,3-12,14-15H2,(H,26,29,30). The van der Waals surface area contributed by atoms with Gasteiger partial charge in [-0.2, -0.15) is 0 Å². The number of imide groups is 1. The predicted molar refractivity (Wildman–Crippen MR) is 118 cm³/mol. The van der Waals surface area contributed by atoms with Crippen LogP contribution in [-0.2, 0) is 16.1 Å². The first-order valence-corrected chi connectivity index (χ1v) is 11.9. The molecule has 1 unspecified atom stereocenters. The van der Waals surface area contributed by atoms with Crippen molar-refractivity contribution in [3.05, 3.63) is 29.3 Å². The van der Waals surface area contributed by atoms with Crippen LogP contribution in [-0.4, -0.2) is 72.4 Å². The number of carbonyl (C=O) groups excluding carboxylic acids is 3. The number of fused-ring (bicyclic) bond motifs is 1. The van der Waals surface area contributed by atoms with E-state index in [1.807, 2.05) is 18.2 Å². The van der Waals surface area contributed by atoms with Gasteiger partial charge in [-0.05, 0) is 74.9 Å². The van der Waals surface area contributed by atoms with Crippen LogP contribution in [0.1, 0.15) is 54.4 Å². The van der Waals surface area contributed by atoms with Gasteiger partial charge in [0.05, 0.1) is 0 Å². The van der Waals surface area contributed by atoms with Crippen molar-refractivity contribution in [2.75, 3.05) is 32.7 Å². The lowest BCUT2D eigenvalue weighted by atomic mass is 9.96. The largest absolute Gasteiger partial charge is 0.490 e. The van der Waals surface area contributed by atoms with Crippen molar-refractivity contribution >= 4 is 17.7 Å². The van der Waals surface area contributed by atoms with Crippen molar-refractivity contribution in [1.29, 1.82) is 0 Å². The van der Waals surface area contributed by atoms with Crippen LogP contribution in [0.15, 0.2) is 18.2 Å². The summed E-state index contributed by atoms with van der Waals surface area (Å²) in [5.41, 5.74) is 1.51. The number of nitrogens with zero attached hydrogens (tertiary/aromatic N) is 2. The zero-order valence-corrected chi connectivity index (χ0v) is 18.5. The molecule has 1 aromatic carbocycles. The number of benzene rings is 1. The molecule has 5 rings (SSSR count). The molecule has 2 N–H and O–H groups in total. The van der Waals surface area contributed by atoms with Crippen molar-refractivity contribution in [3.63, 3.8) is 0 Å². The fourth-order valence-corrected chi connectivity index (χ4v) is 5.46. The smallest absolute Gasteiger partial charge is 0.255 e. The summed E-state index contributed by atoms with van der Waals surface area (Å²) >= 11 is 0. The molecule has 3 saturated heterocycles. The normalized spacial score (nSPS) is 25.7. The van der Waals surface area contributed by atoms with Gasteiger partial charge in [0, 0.05) is 38.2 Å². The first-order valence-electron chi connectivity index (χ1n) is 11.9. The summed E-state index contributed by atoms with van der Waals surface area (Å²) in [6.07, 6.45) is 5.43. The van der Waals surface area contributed by atoms with Crippen LogP contribution >= 0.6 is 0 Å². The molecule has 0 saturated carbocycles. The Kier molecular flexibility index (Phi) is 6.15. The summed E-state index contributed by atoms with van der Waals surface area (Å²) in [5, 5.41) is 5.78. The van der Waals surface area contributed by atoms with E-state index in [1.54, 1.807) is 4.90 Å². The summed E-state index contributed by atoms with van der Waals surface area (Å²) in [7, 11) is 0. The summed E-state index contributed by atoms with van der Waals surface area (Å²) in [6.45, 7) is 6.01. The molecule has 0 spiro atoms. The minimum absolute atomic E-state index is 0.146. The molecule has 4 aliphatic rings. The highest BCUT2D eigenvalue weighted by Gasteiger charge is 2.39. The molecule has 0 aromatic heterocycles. The average Bonchev–Trinajstić information content (AvgIpc) is 3.11. The maximum absolute atomic E-state index is 12.8. The third kappa shape index (κ3) is 4.52. The number of nitrogens with one attached hydrogen (secondary N) is 2. The number of rotatable bonds is 5. The molecule has 1 aromatic rings. The minimum Gasteiger partial charge on any atom is -0.490 e. The number of amides is 3. The highest BCUT2D eigenvalue weighted by molar-refractivity contribution is 6.05. The van der Waals surface area contributed by atoms with Crippen LogP contribution in [0.5, 0.6) is 5.75 Å². The Morgan fingerprint density at radius 1 is 1.00 bits per heavy atom. The fourth-order valence-electron chi connectivity index (χ4n) is 5.46. The van der Waals surface area contributed by atoms with Gasteiger partial charge in [-0.15, -0.1) is 0 Å². The quantitative estimate of drug-likeness (QED) is 0.671. The zero-order valence-electron chi connectivity index (χ0n) is 18.5. The van der Waals surface area contributed by atoms with Gasteiger partial charge < -0.3 is 19.9 Å². The van der Waals surface area contributed by atoms with E-state index in [2.05, 4.69) is 15.5 Å². The fraction of sp³-hybridized carbons (Fsp3) is 0.625. The number of ether oxygens (including phenoxy) is 1. The van der Waals surface area contributed by atoms with Crippen LogP contribution in [0.25, 0.3) is 0 Å². The Morgan fingerprint density at radius 2 is 1.78 bits per heavy atom. The van der Waals surface area contributed by atoms with Gasteiger partial charge in [0.25, 0.3) is 5.91 Å². The highest BCUT2D eigenvalue weighted by Crippen LogP contribution is 2.31. The number of piperidine rings is 3. The van der Waals surface area contributed by atoms with E-state index in [0.717, 1.165) is 56.3 Å². The number of likely N-dealkylation sites (tertiary alicyclic amines) is 1. The molecular weight excluding hydrogens is 408 g/mol. The molecular formula is C24H32N4O4. The molecule has 0 radical (unpaired) electrons. The van der Waals surface area contributed by atoms with E-state index in [0.29, 0.717) is 18.5 Å². The van der Waals surface area contributed by atoms with Crippen molar-refractivity contribution < 1.29 is 19.1 Å². The second-order valence-corrected chi connectivity index (χ2v) is 9.53. The van der Waals surface area contributed by atoms with E-state index in [9.17, 15) is 14.4 Å². The van der Waals surface area contributed by atoms with Gasteiger partial charge in [0.15, 0.2) is 0 Å². The van der Waals surface area contributed by atoms with Crippen LogP contribution < -0.4 is 15.4 Å². The Balaban J connectivity index is 1.15. The topological polar surface area (TPSA) is 91.0 Å². The molecule has 4 aliphatic heterocycles. The summed E-state index contributed by atoms with van der Waals surface area (Å²) in [4.78, 5) is 40.6. The maximum Gasteiger partial charge on any atom is 0.255 e. The lowest BCUT2D eigenvalue weighted by Gasteiger charge is -2.35. The maximum atomic E-state index is 12.8. The molecule has 8 heteroatoms. The average molecular weight is 441 g/mol. The Hall–Kier alpha value is -2.45. The van der Waals surface area contributed by atoms with E-state index < -0.39 is 6.04 Å². The molecule has 1 atom stereocenters. The highest BCUT2D eigenvalue weighted by atomic mass is 16.5. The minimum atomic E-state index is -0.582. The summed E-state index contributed by atoms with van der Waals surface area (Å²) in [6, 6.07) is 5.04. The first-order chi connectivity index (χ1) is 15.6. The van der Waals surface area contributed by atoms with E-state index in [-0.39, 0.29) is 30.2 Å². The first kappa shape index (κ1) is 21.4. The van der Waals surface area contributed by atoms with Gasteiger partial charge >= 0.3 is 0 Å². The van der Waals surface area contributed by atoms with Crippen LogP contribution in [0.2, 0.25) is 0 Å². The second kappa shape index (κ2) is 9.19. The second-order valence-electron chi connectivity index (χ2n) is 9.53. The van der Waals surface area contributed by atoms with Crippen LogP contribution in [0, 0.1) is 5.92 Å². The lowest BCUT2D eigenvalue weighted by Crippen LogP contribution is -2.52. The van der Waals surface area contributed by atoms with Crippen molar-refractivity contribution in [3.8, 4) is 5.75 Å². The molecule has 4 heterocycles.